The van der Waals surface area contributed by atoms with Crippen LogP contribution in [0.4, 0.5) is 5.13 Å². The van der Waals surface area contributed by atoms with Gasteiger partial charge in [0, 0.05) is 37.1 Å². The van der Waals surface area contributed by atoms with E-state index in [2.05, 4.69) is 27.4 Å². The summed E-state index contributed by atoms with van der Waals surface area (Å²) < 4.78 is 4.71. The van der Waals surface area contributed by atoms with E-state index < -0.39 is 0 Å². The van der Waals surface area contributed by atoms with Crippen molar-refractivity contribution in [1.29, 1.82) is 0 Å². The fourth-order valence-electron chi connectivity index (χ4n) is 2.41. The summed E-state index contributed by atoms with van der Waals surface area (Å²) in [6.07, 6.45) is 0. The normalized spacial score (nSPS) is 16.3. The van der Waals surface area contributed by atoms with Crippen molar-refractivity contribution in [2.75, 3.05) is 45.8 Å². The molecule has 6 nitrogen and oxygen atoms in total. The molecule has 3 rings (SSSR count). The highest BCUT2D eigenvalue weighted by Gasteiger charge is 2.15. The molecule has 0 amide bonds. The van der Waals surface area contributed by atoms with Gasteiger partial charge in [0.25, 0.3) is 0 Å². The number of rotatable bonds is 4. The van der Waals surface area contributed by atoms with Crippen molar-refractivity contribution >= 4 is 22.4 Å². The van der Waals surface area contributed by atoms with Gasteiger partial charge in [0.1, 0.15) is 0 Å². The molecule has 122 valence electrons. The number of anilines is 1. The molecule has 1 aromatic heterocycles. The topological polar surface area (TPSA) is 57.7 Å². The minimum absolute atomic E-state index is 0.327. The Morgan fingerprint density at radius 2 is 1.91 bits per heavy atom. The van der Waals surface area contributed by atoms with Crippen LogP contribution in [-0.2, 0) is 4.74 Å². The molecule has 0 aliphatic carbocycles. The summed E-state index contributed by atoms with van der Waals surface area (Å²) in [5.74, 6) is -0.327. The fraction of sp³-hybridized carbons (Fsp3) is 0.375. The number of ether oxygens (including phenoxy) is 1. The number of hydrogen-bond donors (Lipinski definition) is 1. The van der Waals surface area contributed by atoms with Crippen LogP contribution in [-0.4, -0.2) is 61.2 Å². The van der Waals surface area contributed by atoms with Gasteiger partial charge in [-0.3, -0.25) is 5.43 Å². The molecule has 1 aromatic carbocycles. The molecule has 1 fully saturated rings. The highest BCUT2D eigenvalue weighted by molar-refractivity contribution is 7.14. The number of nitrogens with one attached hydrogen (secondary N) is 1. The Morgan fingerprint density at radius 3 is 2.57 bits per heavy atom. The van der Waals surface area contributed by atoms with Crippen LogP contribution in [0.2, 0.25) is 0 Å². The van der Waals surface area contributed by atoms with Crippen LogP contribution in [0, 0.1) is 0 Å². The molecule has 0 saturated carbocycles. The van der Waals surface area contributed by atoms with Gasteiger partial charge >= 0.3 is 5.97 Å². The number of hydrazine groups is 1. The van der Waals surface area contributed by atoms with Crippen molar-refractivity contribution in [3.05, 3.63) is 35.2 Å². The lowest BCUT2D eigenvalue weighted by molar-refractivity contribution is 0.0601. The Bertz CT molecular complexity index is 663. The molecule has 0 bridgehead atoms. The van der Waals surface area contributed by atoms with Crippen molar-refractivity contribution in [2.24, 2.45) is 0 Å². The summed E-state index contributed by atoms with van der Waals surface area (Å²) in [6.45, 7) is 4.08. The zero-order chi connectivity index (χ0) is 16.2. The van der Waals surface area contributed by atoms with Crippen LogP contribution in [0.1, 0.15) is 10.4 Å². The number of nitrogens with zero attached hydrogens (tertiary/aromatic N) is 3. The maximum absolute atomic E-state index is 11.5. The zero-order valence-corrected chi connectivity index (χ0v) is 14.1. The molecular weight excluding hydrogens is 312 g/mol. The first-order chi connectivity index (χ1) is 11.2. The van der Waals surface area contributed by atoms with E-state index in [0.717, 1.165) is 42.6 Å². The molecule has 0 unspecified atom stereocenters. The van der Waals surface area contributed by atoms with Crippen molar-refractivity contribution in [2.45, 2.75) is 0 Å². The zero-order valence-electron chi connectivity index (χ0n) is 13.3. The molecule has 7 heteroatoms. The second-order valence-corrected chi connectivity index (χ2v) is 6.37. The molecule has 2 heterocycles. The largest absolute Gasteiger partial charge is 0.465 e. The second-order valence-electron chi connectivity index (χ2n) is 5.51. The van der Waals surface area contributed by atoms with Gasteiger partial charge in [0.15, 0.2) is 5.13 Å². The summed E-state index contributed by atoms with van der Waals surface area (Å²) in [4.78, 5) is 18.4. The highest BCUT2D eigenvalue weighted by Crippen LogP contribution is 2.25. The van der Waals surface area contributed by atoms with E-state index in [1.165, 1.54) is 7.11 Å². The molecule has 0 radical (unpaired) electrons. The number of methoxy groups -OCH3 is 1. The van der Waals surface area contributed by atoms with E-state index in [4.69, 9.17) is 4.74 Å². The number of hydrogen-bond acceptors (Lipinski definition) is 7. The van der Waals surface area contributed by atoms with Crippen LogP contribution in [0.5, 0.6) is 0 Å². The van der Waals surface area contributed by atoms with Crippen LogP contribution in [0.15, 0.2) is 29.6 Å². The molecule has 1 saturated heterocycles. The van der Waals surface area contributed by atoms with E-state index in [1.807, 2.05) is 17.5 Å². The van der Waals surface area contributed by atoms with Gasteiger partial charge in [-0.15, -0.1) is 11.3 Å². The van der Waals surface area contributed by atoms with Gasteiger partial charge in [-0.1, -0.05) is 12.1 Å². The lowest BCUT2D eigenvalue weighted by Gasteiger charge is -2.32. The molecule has 1 aliphatic rings. The number of benzene rings is 1. The smallest absolute Gasteiger partial charge is 0.337 e. The third-order valence-electron chi connectivity index (χ3n) is 3.86. The predicted molar refractivity (Wildman–Crippen MR) is 91.6 cm³/mol. The van der Waals surface area contributed by atoms with E-state index >= 15 is 0 Å². The second kappa shape index (κ2) is 7.08. The lowest BCUT2D eigenvalue weighted by atomic mass is 10.1. The van der Waals surface area contributed by atoms with E-state index in [-0.39, 0.29) is 5.97 Å². The fourth-order valence-corrected chi connectivity index (χ4v) is 3.15. The summed E-state index contributed by atoms with van der Waals surface area (Å²) in [5.41, 5.74) is 5.81. The van der Waals surface area contributed by atoms with Crippen LogP contribution < -0.4 is 5.43 Å². The Hall–Kier alpha value is -1.96. The number of aromatic nitrogens is 1. The van der Waals surface area contributed by atoms with Crippen molar-refractivity contribution in [3.63, 3.8) is 0 Å². The summed E-state index contributed by atoms with van der Waals surface area (Å²) in [5, 5.41) is 5.11. The van der Waals surface area contributed by atoms with Gasteiger partial charge in [-0.05, 0) is 19.2 Å². The average molecular weight is 332 g/mol. The maximum atomic E-state index is 11.5. The molecule has 1 N–H and O–H groups in total. The third kappa shape index (κ3) is 3.87. The first-order valence-corrected chi connectivity index (χ1v) is 8.38. The minimum atomic E-state index is -0.327. The monoisotopic (exact) mass is 332 g/mol. The quantitative estimate of drug-likeness (QED) is 0.866. The standard InChI is InChI=1S/C16H20N4O2S/c1-19-7-9-20(10-8-19)18-16-17-14(11-23-16)12-3-5-13(6-4-12)15(21)22-2/h3-6,11H,7-10H2,1-2H3,(H,17,18). The first kappa shape index (κ1) is 15.9. The third-order valence-corrected chi connectivity index (χ3v) is 4.61. The molecule has 1 aliphatic heterocycles. The summed E-state index contributed by atoms with van der Waals surface area (Å²) in [6, 6.07) is 7.30. The van der Waals surface area contributed by atoms with E-state index in [0.29, 0.717) is 5.56 Å². The molecule has 23 heavy (non-hydrogen) atoms. The predicted octanol–water partition coefficient (Wildman–Crippen LogP) is 2.17. The number of carbonyl (C=O) groups is 1. The number of piperazine rings is 1. The average Bonchev–Trinajstić information content (AvgIpc) is 3.05. The van der Waals surface area contributed by atoms with E-state index in [9.17, 15) is 4.79 Å². The van der Waals surface area contributed by atoms with Crippen molar-refractivity contribution < 1.29 is 9.53 Å². The first-order valence-electron chi connectivity index (χ1n) is 7.50. The molecular formula is C16H20N4O2S. The Kier molecular flexibility index (Phi) is 4.90. The SMILES string of the molecule is COC(=O)c1ccc(-c2csc(NN3CCN(C)CC3)n2)cc1. The van der Waals surface area contributed by atoms with Crippen LogP contribution in [0.3, 0.4) is 0 Å². The molecule has 2 aromatic rings. The Morgan fingerprint density at radius 1 is 1.22 bits per heavy atom. The number of carbonyl (C=O) groups excluding carboxylic acids is 1. The van der Waals surface area contributed by atoms with Crippen LogP contribution >= 0.6 is 11.3 Å². The Labute approximate surface area is 139 Å². The highest BCUT2D eigenvalue weighted by atomic mass is 32.1. The van der Waals surface area contributed by atoms with Gasteiger partial charge in [-0.2, -0.15) is 0 Å². The maximum Gasteiger partial charge on any atom is 0.337 e. The lowest BCUT2D eigenvalue weighted by Crippen LogP contribution is -2.46. The van der Waals surface area contributed by atoms with Crippen molar-refractivity contribution in [1.82, 2.24) is 14.9 Å². The summed E-state index contributed by atoms with van der Waals surface area (Å²) >= 11 is 1.58. The number of esters is 1. The van der Waals surface area contributed by atoms with Gasteiger partial charge in [-0.25, -0.2) is 14.8 Å². The Balaban J connectivity index is 1.65. The number of likely N-dealkylation sites (N-methyl/N-ethyl adjacent to an activating group) is 1. The molecule has 0 atom stereocenters. The van der Waals surface area contributed by atoms with Crippen LogP contribution in [0.25, 0.3) is 11.3 Å². The molecule has 0 spiro atoms. The van der Waals surface area contributed by atoms with Crippen molar-refractivity contribution in [3.8, 4) is 11.3 Å². The van der Waals surface area contributed by atoms with E-state index in [1.54, 1.807) is 23.5 Å². The van der Waals surface area contributed by atoms with Gasteiger partial charge in [0.05, 0.1) is 18.4 Å². The minimum Gasteiger partial charge on any atom is -0.465 e. The van der Waals surface area contributed by atoms with Gasteiger partial charge < -0.3 is 9.64 Å². The number of thiazole rings is 1. The van der Waals surface area contributed by atoms with Gasteiger partial charge in [0.2, 0.25) is 0 Å². The summed E-state index contributed by atoms with van der Waals surface area (Å²) in [7, 11) is 3.52.